The highest BCUT2D eigenvalue weighted by molar-refractivity contribution is 6.12. The van der Waals surface area contributed by atoms with Crippen LogP contribution in [0.25, 0.3) is 33.6 Å². The summed E-state index contributed by atoms with van der Waals surface area (Å²) in [5.74, 6) is 0.636. The first kappa shape index (κ1) is 21.6. The summed E-state index contributed by atoms with van der Waals surface area (Å²) in [6.45, 7) is 4.12. The van der Waals surface area contributed by atoms with E-state index in [9.17, 15) is 9.18 Å². The number of nitrogens with one attached hydrogen (secondary N) is 1. The number of carbonyl (C=O) groups excluding carboxylic acids is 1. The van der Waals surface area contributed by atoms with Crippen molar-refractivity contribution in [1.29, 1.82) is 0 Å². The number of aromatic nitrogens is 1. The van der Waals surface area contributed by atoms with Crippen LogP contribution in [0.3, 0.4) is 0 Å². The molecule has 0 fully saturated rings. The predicted octanol–water partition coefficient (Wildman–Crippen LogP) is 5.19. The summed E-state index contributed by atoms with van der Waals surface area (Å²) in [4.78, 5) is 12.8. The van der Waals surface area contributed by atoms with Crippen LogP contribution in [0.15, 0.2) is 51.4 Å². The Morgan fingerprint density at radius 2 is 1.94 bits per heavy atom. The Morgan fingerprint density at radius 1 is 1.19 bits per heavy atom. The molecule has 2 heterocycles. The van der Waals surface area contributed by atoms with Crippen molar-refractivity contribution in [3.63, 3.8) is 0 Å². The van der Waals surface area contributed by atoms with Crippen molar-refractivity contribution in [2.24, 2.45) is 0 Å². The summed E-state index contributed by atoms with van der Waals surface area (Å²) in [6, 6.07) is 11.1. The molecule has 166 valence electrons. The number of furan rings is 1. The summed E-state index contributed by atoms with van der Waals surface area (Å²) >= 11 is 0. The molecule has 0 aliphatic heterocycles. The number of hydrogen-bond donors (Lipinski definition) is 1. The average Bonchev–Trinajstić information content (AvgIpc) is 3.37. The summed E-state index contributed by atoms with van der Waals surface area (Å²) in [7, 11) is 3.12. The van der Waals surface area contributed by atoms with Gasteiger partial charge in [0.2, 0.25) is 0 Å². The first-order chi connectivity index (χ1) is 15.4. The van der Waals surface area contributed by atoms with E-state index in [0.717, 1.165) is 0 Å². The van der Waals surface area contributed by atoms with E-state index in [2.05, 4.69) is 10.5 Å². The minimum absolute atomic E-state index is 0.125. The van der Waals surface area contributed by atoms with E-state index < -0.39 is 0 Å². The molecular formula is C24H23FN2O5. The van der Waals surface area contributed by atoms with Gasteiger partial charge >= 0.3 is 0 Å². The second-order valence-corrected chi connectivity index (χ2v) is 7.52. The van der Waals surface area contributed by atoms with Crippen molar-refractivity contribution < 1.29 is 27.6 Å². The Hall–Kier alpha value is -3.65. The molecule has 0 saturated carbocycles. The third-order valence-electron chi connectivity index (χ3n) is 4.83. The van der Waals surface area contributed by atoms with Gasteiger partial charge in [-0.1, -0.05) is 5.16 Å². The molecule has 2 aromatic heterocycles. The zero-order valence-electron chi connectivity index (χ0n) is 18.2. The Balaban J connectivity index is 1.95. The largest absolute Gasteiger partial charge is 0.490 e. The molecule has 0 radical (unpaired) electrons. The Labute approximate surface area is 184 Å². The van der Waals surface area contributed by atoms with Gasteiger partial charge < -0.3 is 23.7 Å². The maximum Gasteiger partial charge on any atom is 0.255 e. The van der Waals surface area contributed by atoms with Crippen LogP contribution in [-0.2, 0) is 11.3 Å². The first-order valence-electron chi connectivity index (χ1n) is 10.1. The molecule has 2 aromatic carbocycles. The molecule has 1 amide bonds. The lowest BCUT2D eigenvalue weighted by atomic mass is 10.0. The number of methoxy groups -OCH3 is 1. The highest BCUT2D eigenvalue weighted by atomic mass is 19.1. The van der Waals surface area contributed by atoms with Gasteiger partial charge in [-0.3, -0.25) is 4.79 Å². The van der Waals surface area contributed by atoms with Gasteiger partial charge in [0, 0.05) is 31.2 Å². The lowest BCUT2D eigenvalue weighted by molar-refractivity contribution is 0.0964. The number of benzene rings is 2. The fourth-order valence-corrected chi connectivity index (χ4v) is 3.48. The van der Waals surface area contributed by atoms with Gasteiger partial charge in [-0.2, -0.15) is 0 Å². The number of carbonyl (C=O) groups is 1. The SMILES string of the molecule is CNC(=O)c1c(-c2ccc(F)cc2)oc2cc(-c3cc(COC)no3)c(OC(C)C)cc12. The summed E-state index contributed by atoms with van der Waals surface area (Å²) in [5, 5.41) is 7.23. The Morgan fingerprint density at radius 3 is 2.59 bits per heavy atom. The van der Waals surface area contributed by atoms with Crippen molar-refractivity contribution in [3.8, 4) is 28.4 Å². The predicted molar refractivity (Wildman–Crippen MR) is 117 cm³/mol. The van der Waals surface area contributed by atoms with Gasteiger partial charge in [0.15, 0.2) is 5.76 Å². The summed E-state index contributed by atoms with van der Waals surface area (Å²) < 4.78 is 36.2. The fraction of sp³-hybridized carbons (Fsp3) is 0.250. The smallest absolute Gasteiger partial charge is 0.255 e. The molecular weight excluding hydrogens is 415 g/mol. The molecule has 1 N–H and O–H groups in total. The number of rotatable bonds is 7. The zero-order valence-corrected chi connectivity index (χ0v) is 18.2. The molecule has 0 aliphatic carbocycles. The van der Waals surface area contributed by atoms with Gasteiger partial charge in [0.25, 0.3) is 5.91 Å². The van der Waals surface area contributed by atoms with Crippen LogP contribution >= 0.6 is 0 Å². The molecule has 0 bridgehead atoms. The van der Waals surface area contributed by atoms with Crippen LogP contribution in [0.4, 0.5) is 4.39 Å². The lowest BCUT2D eigenvalue weighted by Gasteiger charge is -2.13. The molecule has 4 rings (SSSR count). The molecule has 0 unspecified atom stereocenters. The van der Waals surface area contributed by atoms with Crippen molar-refractivity contribution in [1.82, 2.24) is 10.5 Å². The van der Waals surface area contributed by atoms with Gasteiger partial charge in [-0.25, -0.2) is 4.39 Å². The summed E-state index contributed by atoms with van der Waals surface area (Å²) in [6.07, 6.45) is -0.125. The van der Waals surface area contributed by atoms with Gasteiger partial charge in [-0.05, 0) is 50.2 Å². The highest BCUT2D eigenvalue weighted by Crippen LogP contribution is 2.41. The number of fused-ring (bicyclic) bond motifs is 1. The Kier molecular flexibility index (Phi) is 5.96. The molecule has 0 aliphatic rings. The maximum atomic E-state index is 13.5. The zero-order chi connectivity index (χ0) is 22.8. The van der Waals surface area contributed by atoms with Crippen LogP contribution in [0.5, 0.6) is 5.75 Å². The lowest BCUT2D eigenvalue weighted by Crippen LogP contribution is -2.18. The summed E-state index contributed by atoms with van der Waals surface area (Å²) in [5.41, 5.74) is 2.64. The van der Waals surface area contributed by atoms with Gasteiger partial charge in [0.05, 0.1) is 23.8 Å². The number of ether oxygens (including phenoxy) is 2. The van der Waals surface area contributed by atoms with E-state index >= 15 is 0 Å². The van der Waals surface area contributed by atoms with Crippen molar-refractivity contribution in [3.05, 3.63) is 59.5 Å². The molecule has 0 saturated heterocycles. The van der Waals surface area contributed by atoms with E-state index in [0.29, 0.717) is 57.2 Å². The molecule has 7 nitrogen and oxygen atoms in total. The van der Waals surface area contributed by atoms with Crippen LogP contribution in [0.1, 0.15) is 29.9 Å². The van der Waals surface area contributed by atoms with E-state index in [1.54, 1.807) is 44.5 Å². The molecule has 4 aromatic rings. The van der Waals surface area contributed by atoms with E-state index in [4.69, 9.17) is 18.4 Å². The van der Waals surface area contributed by atoms with Crippen LogP contribution < -0.4 is 10.1 Å². The van der Waals surface area contributed by atoms with Crippen molar-refractivity contribution in [2.75, 3.05) is 14.2 Å². The average molecular weight is 438 g/mol. The quantitative estimate of drug-likeness (QED) is 0.427. The molecule has 32 heavy (non-hydrogen) atoms. The number of hydrogen-bond acceptors (Lipinski definition) is 6. The second kappa shape index (κ2) is 8.84. The first-order valence-corrected chi connectivity index (χ1v) is 10.1. The maximum absolute atomic E-state index is 13.5. The Bertz CT molecular complexity index is 1260. The number of halogens is 1. The molecule has 8 heteroatoms. The minimum Gasteiger partial charge on any atom is -0.490 e. The minimum atomic E-state index is -0.376. The number of nitrogens with zero attached hydrogens (tertiary/aromatic N) is 1. The van der Waals surface area contributed by atoms with Crippen LogP contribution in [0, 0.1) is 5.82 Å². The van der Waals surface area contributed by atoms with Crippen LogP contribution in [-0.4, -0.2) is 31.3 Å². The standard InChI is InChI=1S/C24H23FN2O5/c1-13(2)30-19-11-18-20(10-17(19)21-9-16(12-29-4)27-32-21)31-23(22(18)24(28)26-3)14-5-7-15(25)8-6-14/h5-11,13H,12H2,1-4H3,(H,26,28). The van der Waals surface area contributed by atoms with E-state index in [1.165, 1.54) is 12.1 Å². The van der Waals surface area contributed by atoms with Crippen molar-refractivity contribution >= 4 is 16.9 Å². The topological polar surface area (TPSA) is 86.7 Å². The van der Waals surface area contributed by atoms with Crippen LogP contribution in [0.2, 0.25) is 0 Å². The van der Waals surface area contributed by atoms with E-state index in [-0.39, 0.29) is 17.8 Å². The fourth-order valence-electron chi connectivity index (χ4n) is 3.48. The van der Waals surface area contributed by atoms with Gasteiger partial charge in [0.1, 0.15) is 28.6 Å². The second-order valence-electron chi connectivity index (χ2n) is 7.52. The number of amides is 1. The normalized spacial score (nSPS) is 11.3. The van der Waals surface area contributed by atoms with E-state index in [1.807, 2.05) is 13.8 Å². The third kappa shape index (κ3) is 4.09. The molecule has 0 spiro atoms. The molecule has 0 atom stereocenters. The van der Waals surface area contributed by atoms with Crippen molar-refractivity contribution in [2.45, 2.75) is 26.6 Å². The highest BCUT2D eigenvalue weighted by Gasteiger charge is 2.25. The third-order valence-corrected chi connectivity index (χ3v) is 4.83. The van der Waals surface area contributed by atoms with Gasteiger partial charge in [-0.15, -0.1) is 0 Å². The monoisotopic (exact) mass is 438 g/mol.